The van der Waals surface area contributed by atoms with Crippen molar-refractivity contribution < 1.29 is 48.6 Å². The van der Waals surface area contributed by atoms with E-state index in [2.05, 4.69) is 0 Å². The molecule has 0 unspecified atom stereocenters. The van der Waals surface area contributed by atoms with Crippen LogP contribution in [0.15, 0.2) is 0 Å². The first-order valence-corrected chi connectivity index (χ1v) is 0. The van der Waals surface area contributed by atoms with Gasteiger partial charge in [-0.05, 0) is 0 Å². The van der Waals surface area contributed by atoms with Crippen LogP contribution >= 0.6 is 0 Å². The van der Waals surface area contributed by atoms with E-state index in [9.17, 15) is 0 Å². The van der Waals surface area contributed by atoms with E-state index in [-0.39, 0.29) is 62.2 Å². The summed E-state index contributed by atoms with van der Waals surface area (Å²) in [5.41, 5.74) is 0. The van der Waals surface area contributed by atoms with Gasteiger partial charge in [-0.2, -0.15) is 0 Å². The van der Waals surface area contributed by atoms with Crippen LogP contribution in [0.2, 0.25) is 0 Å². The van der Waals surface area contributed by atoms with Crippen molar-refractivity contribution in [2.45, 2.75) is 7.43 Å². The Kier molecular flexibility index (Phi) is 275. The molecular weight excluding hydrogens is 225 g/mol. The van der Waals surface area contributed by atoms with E-state index in [0.717, 1.165) is 0 Å². The van der Waals surface area contributed by atoms with Gasteiger partial charge >= 0.3 is 0 Å². The monoisotopic (exact) mass is 230 g/mol. The van der Waals surface area contributed by atoms with Crippen molar-refractivity contribution in [1.82, 2.24) is 6.15 Å². The predicted molar refractivity (Wildman–Crippen MR) is 11.8 cm³/mol. The van der Waals surface area contributed by atoms with E-state index >= 15 is 0 Å². The Labute approximate surface area is 61.8 Å². The molecular formula is CH7AgNZr. The zero-order valence-corrected chi connectivity index (χ0v) is 5.45. The molecule has 3 heteroatoms. The summed E-state index contributed by atoms with van der Waals surface area (Å²) in [7, 11) is 0. The molecule has 4 heavy (non-hydrogen) atoms. The van der Waals surface area contributed by atoms with Crippen LogP contribution in [0.3, 0.4) is 0 Å². The van der Waals surface area contributed by atoms with Gasteiger partial charge in [0.25, 0.3) is 0 Å². The molecule has 1 radical (unpaired) electrons. The molecule has 0 amide bonds. The van der Waals surface area contributed by atoms with Gasteiger partial charge in [-0.1, -0.05) is 7.43 Å². The van der Waals surface area contributed by atoms with Gasteiger partial charge in [0.15, 0.2) is 0 Å². The molecule has 3 N–H and O–H groups in total. The zero-order chi connectivity index (χ0) is 0. The van der Waals surface area contributed by atoms with Gasteiger partial charge in [0, 0.05) is 48.6 Å². The summed E-state index contributed by atoms with van der Waals surface area (Å²) in [4.78, 5) is 0. The summed E-state index contributed by atoms with van der Waals surface area (Å²) in [6.07, 6.45) is 0. The Bertz CT molecular complexity index is 8.00. The summed E-state index contributed by atoms with van der Waals surface area (Å²) < 4.78 is 0. The number of hydrogen-bond acceptors (Lipinski definition) is 1. The molecule has 0 heterocycles. The van der Waals surface area contributed by atoms with E-state index < -0.39 is 0 Å². The Morgan fingerprint density at radius 1 is 1.00 bits per heavy atom. The van der Waals surface area contributed by atoms with Gasteiger partial charge in [-0.25, -0.2) is 0 Å². The second-order valence-electron chi connectivity index (χ2n) is 0. The average molecular weight is 232 g/mol. The van der Waals surface area contributed by atoms with Crippen LogP contribution in [-0.2, 0) is 48.6 Å². The molecule has 0 aliphatic heterocycles. The molecule has 31 valence electrons. The fourth-order valence-corrected chi connectivity index (χ4v) is 0. The molecule has 0 saturated heterocycles. The number of hydrogen-bond donors (Lipinski definition) is 1. The third kappa shape index (κ3) is 9.54. The maximum absolute atomic E-state index is 0. The smallest absolute Gasteiger partial charge is 0 e. The fourth-order valence-electron chi connectivity index (χ4n) is 0. The summed E-state index contributed by atoms with van der Waals surface area (Å²) in [5.74, 6) is 0. The molecule has 0 aromatic rings. The van der Waals surface area contributed by atoms with Crippen molar-refractivity contribution in [3.8, 4) is 0 Å². The molecule has 0 spiro atoms. The van der Waals surface area contributed by atoms with E-state index in [4.69, 9.17) is 0 Å². The van der Waals surface area contributed by atoms with E-state index in [1.165, 1.54) is 0 Å². The van der Waals surface area contributed by atoms with Crippen LogP contribution in [0.5, 0.6) is 0 Å². The summed E-state index contributed by atoms with van der Waals surface area (Å²) in [6.45, 7) is 0. The molecule has 0 aliphatic carbocycles. The van der Waals surface area contributed by atoms with Crippen LogP contribution in [-0.4, -0.2) is 0 Å². The minimum absolute atomic E-state index is 0. The minimum Gasteiger partial charge on any atom is -0.344 e. The normalized spacial score (nSPS) is 0. The molecule has 0 aromatic carbocycles. The Balaban J connectivity index is 0. The molecule has 0 bridgehead atoms. The average Bonchev–Trinajstić information content (AvgIpc) is 0. The van der Waals surface area contributed by atoms with Crippen molar-refractivity contribution in [3.05, 3.63) is 0 Å². The first-order chi connectivity index (χ1) is 0. The second kappa shape index (κ2) is 23.5. The van der Waals surface area contributed by atoms with Crippen molar-refractivity contribution in [2.24, 2.45) is 0 Å². The molecule has 0 rings (SSSR count). The second-order valence-corrected chi connectivity index (χ2v) is 0. The van der Waals surface area contributed by atoms with Crippen molar-refractivity contribution >= 4 is 0 Å². The van der Waals surface area contributed by atoms with Crippen LogP contribution in [0, 0.1) is 0 Å². The third-order valence-corrected chi connectivity index (χ3v) is 0. The van der Waals surface area contributed by atoms with Crippen molar-refractivity contribution in [1.29, 1.82) is 0 Å². The zero-order valence-electron chi connectivity index (χ0n) is 1.51. The minimum atomic E-state index is 0. The standard InChI is InChI=1S/CH4.Ag.H3N.Zr/h1H4;;1H3;. The van der Waals surface area contributed by atoms with E-state index in [1.807, 2.05) is 0 Å². The quantitative estimate of drug-likeness (QED) is 0.616. The van der Waals surface area contributed by atoms with Gasteiger partial charge in [0.1, 0.15) is 0 Å². The SMILES string of the molecule is C.N.[Ag].[Zr]. The molecule has 1 nitrogen and oxygen atoms in total. The Morgan fingerprint density at radius 3 is 1.00 bits per heavy atom. The molecule has 0 fully saturated rings. The first kappa shape index (κ1) is 46.8. The Morgan fingerprint density at radius 2 is 1.00 bits per heavy atom. The van der Waals surface area contributed by atoms with Gasteiger partial charge in [-0.15, -0.1) is 0 Å². The number of rotatable bonds is 0. The van der Waals surface area contributed by atoms with E-state index in [1.54, 1.807) is 0 Å². The maximum Gasteiger partial charge on any atom is 0 e. The van der Waals surface area contributed by atoms with Gasteiger partial charge in [-0.3, -0.25) is 0 Å². The van der Waals surface area contributed by atoms with Crippen LogP contribution < -0.4 is 6.15 Å². The largest absolute Gasteiger partial charge is 0.344 e. The van der Waals surface area contributed by atoms with Crippen LogP contribution in [0.1, 0.15) is 7.43 Å². The molecule has 0 saturated carbocycles. The molecule has 0 atom stereocenters. The van der Waals surface area contributed by atoms with Crippen molar-refractivity contribution in [2.75, 3.05) is 0 Å². The maximum atomic E-state index is 0. The topological polar surface area (TPSA) is 35.0 Å². The van der Waals surface area contributed by atoms with Gasteiger partial charge in [0.2, 0.25) is 0 Å². The van der Waals surface area contributed by atoms with Crippen LogP contribution in [0.4, 0.5) is 0 Å². The first-order valence-electron chi connectivity index (χ1n) is 0. The Hall–Kier alpha value is 1.58. The molecule has 0 aromatic heterocycles. The summed E-state index contributed by atoms with van der Waals surface area (Å²) >= 11 is 0. The van der Waals surface area contributed by atoms with Crippen molar-refractivity contribution in [3.63, 3.8) is 0 Å². The summed E-state index contributed by atoms with van der Waals surface area (Å²) in [5, 5.41) is 0. The van der Waals surface area contributed by atoms with Gasteiger partial charge < -0.3 is 6.15 Å². The van der Waals surface area contributed by atoms with Crippen LogP contribution in [0.25, 0.3) is 0 Å². The predicted octanol–water partition coefficient (Wildman–Crippen LogP) is 0.793. The summed E-state index contributed by atoms with van der Waals surface area (Å²) in [6, 6.07) is 0. The molecule has 0 aliphatic rings. The van der Waals surface area contributed by atoms with Gasteiger partial charge in [0.05, 0.1) is 0 Å². The fraction of sp³-hybridized carbons (Fsp3) is 1.00. The third-order valence-electron chi connectivity index (χ3n) is 0. The van der Waals surface area contributed by atoms with E-state index in [0.29, 0.717) is 0 Å².